The van der Waals surface area contributed by atoms with Crippen LogP contribution in [0.4, 0.5) is 18.0 Å². The summed E-state index contributed by atoms with van der Waals surface area (Å²) in [4.78, 5) is 10.7. The zero-order valence-corrected chi connectivity index (χ0v) is 6.74. The van der Waals surface area contributed by atoms with Gasteiger partial charge in [-0.1, -0.05) is 0 Å². The van der Waals surface area contributed by atoms with Crippen molar-refractivity contribution < 1.29 is 18.0 Å². The van der Waals surface area contributed by atoms with Crippen LogP contribution >= 0.6 is 0 Å². The molecule has 1 aliphatic heterocycles. The largest absolute Gasteiger partial charge is 0.405 e. The van der Waals surface area contributed by atoms with Gasteiger partial charge in [0.05, 0.1) is 6.04 Å². The van der Waals surface area contributed by atoms with Gasteiger partial charge in [-0.05, 0) is 0 Å². The molecule has 0 aromatic rings. The Morgan fingerprint density at radius 3 is 2.46 bits per heavy atom. The third kappa shape index (κ3) is 3.97. The molecule has 1 saturated heterocycles. The molecule has 7 heteroatoms. The van der Waals surface area contributed by atoms with Crippen LogP contribution in [0.5, 0.6) is 0 Å². The number of carbonyl (C=O) groups is 1. The van der Waals surface area contributed by atoms with Gasteiger partial charge in [-0.2, -0.15) is 13.2 Å². The molecule has 3 N–H and O–H groups in total. The number of alkyl halides is 3. The van der Waals surface area contributed by atoms with Crippen molar-refractivity contribution in [2.45, 2.75) is 12.2 Å². The van der Waals surface area contributed by atoms with E-state index in [1.54, 1.807) is 5.32 Å². The predicted octanol–water partition coefficient (Wildman–Crippen LogP) is -0.180. The topological polar surface area (TPSA) is 53.2 Å². The molecule has 0 atom stereocenters. The maximum atomic E-state index is 11.6. The van der Waals surface area contributed by atoms with Gasteiger partial charge in [0.15, 0.2) is 0 Å². The van der Waals surface area contributed by atoms with Gasteiger partial charge in [0.25, 0.3) is 0 Å². The molecule has 13 heavy (non-hydrogen) atoms. The molecule has 0 aromatic heterocycles. The van der Waals surface area contributed by atoms with Gasteiger partial charge in [0.1, 0.15) is 6.54 Å². The molecule has 0 aromatic carbocycles. The van der Waals surface area contributed by atoms with E-state index in [0.717, 1.165) is 0 Å². The number of nitrogens with one attached hydrogen (secondary N) is 3. The third-order valence-corrected chi connectivity index (χ3v) is 1.57. The Morgan fingerprint density at radius 2 is 2.08 bits per heavy atom. The fraction of sp³-hybridized carbons (Fsp3) is 0.833. The number of amides is 2. The molecule has 0 spiro atoms. The Morgan fingerprint density at radius 1 is 1.46 bits per heavy atom. The molecule has 0 radical (unpaired) electrons. The fourth-order valence-corrected chi connectivity index (χ4v) is 0.808. The van der Waals surface area contributed by atoms with E-state index in [9.17, 15) is 18.0 Å². The molecule has 0 unspecified atom stereocenters. The van der Waals surface area contributed by atoms with Crippen molar-refractivity contribution in [3.05, 3.63) is 0 Å². The molecule has 4 nitrogen and oxygen atoms in total. The molecule has 1 fully saturated rings. The van der Waals surface area contributed by atoms with Crippen LogP contribution in [0.25, 0.3) is 0 Å². The molecule has 1 aliphatic rings. The van der Waals surface area contributed by atoms with Crippen LogP contribution in [0.3, 0.4) is 0 Å². The predicted molar refractivity (Wildman–Crippen MR) is 39.2 cm³/mol. The Balaban J connectivity index is 2.10. The molecule has 2 amide bonds. The smallest absolute Gasteiger partial charge is 0.333 e. The van der Waals surface area contributed by atoms with Crippen LogP contribution in [0.1, 0.15) is 0 Å². The van der Waals surface area contributed by atoms with Crippen LogP contribution in [-0.4, -0.2) is 37.9 Å². The van der Waals surface area contributed by atoms with Crippen molar-refractivity contribution in [3.63, 3.8) is 0 Å². The fourth-order valence-electron chi connectivity index (χ4n) is 0.808. The molecular formula is C6H10F3N3O. The minimum absolute atomic E-state index is 0.0479. The van der Waals surface area contributed by atoms with Crippen molar-refractivity contribution in [2.75, 3.05) is 19.6 Å². The van der Waals surface area contributed by atoms with Crippen LogP contribution in [0.15, 0.2) is 0 Å². The summed E-state index contributed by atoms with van der Waals surface area (Å²) in [7, 11) is 0. The van der Waals surface area contributed by atoms with Crippen molar-refractivity contribution in [2.24, 2.45) is 0 Å². The number of urea groups is 1. The van der Waals surface area contributed by atoms with Crippen LogP contribution < -0.4 is 16.0 Å². The van der Waals surface area contributed by atoms with Crippen molar-refractivity contribution in [1.82, 2.24) is 16.0 Å². The highest BCUT2D eigenvalue weighted by atomic mass is 19.4. The maximum Gasteiger partial charge on any atom is 0.405 e. The van der Waals surface area contributed by atoms with Gasteiger partial charge < -0.3 is 16.0 Å². The first-order chi connectivity index (χ1) is 5.97. The number of halogens is 3. The lowest BCUT2D eigenvalue weighted by Crippen LogP contribution is -2.59. The zero-order valence-electron chi connectivity index (χ0n) is 6.74. The Kier molecular flexibility index (Phi) is 2.97. The summed E-state index contributed by atoms with van der Waals surface area (Å²) in [6, 6.07) is -0.822. The van der Waals surface area contributed by atoms with Crippen LogP contribution in [0.2, 0.25) is 0 Å². The zero-order chi connectivity index (χ0) is 9.90. The van der Waals surface area contributed by atoms with Gasteiger partial charge in [-0.15, -0.1) is 0 Å². The van der Waals surface area contributed by atoms with E-state index < -0.39 is 18.8 Å². The standard InChI is InChI=1S/C6H10F3N3O/c7-6(8,9)3-11-5(13)12-4-1-10-2-4/h4,10H,1-3H2,(H2,11,12,13). The average molecular weight is 197 g/mol. The normalized spacial score (nSPS) is 17.8. The molecule has 76 valence electrons. The first kappa shape index (κ1) is 10.1. The molecule has 1 rings (SSSR count). The molecule has 0 bridgehead atoms. The number of hydrogen-bond donors (Lipinski definition) is 3. The summed E-state index contributed by atoms with van der Waals surface area (Å²) in [5.74, 6) is 0. The van der Waals surface area contributed by atoms with Gasteiger partial charge >= 0.3 is 12.2 Å². The summed E-state index contributed by atoms with van der Waals surface area (Å²) in [6.45, 7) is -0.0716. The minimum Gasteiger partial charge on any atom is -0.333 e. The van der Waals surface area contributed by atoms with Crippen LogP contribution in [-0.2, 0) is 0 Å². The van der Waals surface area contributed by atoms with Gasteiger partial charge in [-0.3, -0.25) is 0 Å². The third-order valence-electron chi connectivity index (χ3n) is 1.57. The van der Waals surface area contributed by atoms with E-state index >= 15 is 0 Å². The summed E-state index contributed by atoms with van der Waals surface area (Å²) in [5, 5.41) is 6.97. The minimum atomic E-state index is -4.35. The molecule has 0 saturated carbocycles. The Bertz CT molecular complexity index is 190. The van der Waals surface area contributed by atoms with Gasteiger partial charge in [0.2, 0.25) is 0 Å². The summed E-state index contributed by atoms with van der Waals surface area (Å²) in [5.41, 5.74) is 0. The molecule has 0 aliphatic carbocycles. The first-order valence-electron chi connectivity index (χ1n) is 3.79. The lowest BCUT2D eigenvalue weighted by atomic mass is 10.2. The summed E-state index contributed by atoms with van der Waals surface area (Å²) < 4.78 is 34.8. The highest BCUT2D eigenvalue weighted by Gasteiger charge is 2.28. The van der Waals surface area contributed by atoms with Gasteiger partial charge in [-0.25, -0.2) is 4.79 Å². The lowest BCUT2D eigenvalue weighted by molar-refractivity contribution is -0.122. The average Bonchev–Trinajstić information content (AvgIpc) is 1.91. The quantitative estimate of drug-likeness (QED) is 0.575. The first-order valence-corrected chi connectivity index (χ1v) is 3.79. The van der Waals surface area contributed by atoms with E-state index in [-0.39, 0.29) is 6.04 Å². The second-order valence-electron chi connectivity index (χ2n) is 2.80. The highest BCUT2D eigenvalue weighted by molar-refractivity contribution is 5.74. The number of rotatable bonds is 2. The molecule has 1 heterocycles. The second-order valence-corrected chi connectivity index (χ2v) is 2.80. The van der Waals surface area contributed by atoms with E-state index in [0.29, 0.717) is 13.1 Å². The summed E-state index contributed by atoms with van der Waals surface area (Å²) in [6.07, 6.45) is -4.35. The van der Waals surface area contributed by atoms with Crippen molar-refractivity contribution in [3.8, 4) is 0 Å². The van der Waals surface area contributed by atoms with Gasteiger partial charge in [0, 0.05) is 13.1 Å². The van der Waals surface area contributed by atoms with Crippen molar-refractivity contribution >= 4 is 6.03 Å². The summed E-state index contributed by atoms with van der Waals surface area (Å²) >= 11 is 0. The van der Waals surface area contributed by atoms with E-state index in [4.69, 9.17) is 0 Å². The Hall–Kier alpha value is -0.980. The van der Waals surface area contributed by atoms with Crippen LogP contribution in [0, 0.1) is 0 Å². The highest BCUT2D eigenvalue weighted by Crippen LogP contribution is 2.11. The van der Waals surface area contributed by atoms with E-state index in [2.05, 4.69) is 10.6 Å². The van der Waals surface area contributed by atoms with E-state index in [1.165, 1.54) is 0 Å². The van der Waals surface area contributed by atoms with Crippen molar-refractivity contribution in [1.29, 1.82) is 0 Å². The maximum absolute atomic E-state index is 11.6. The number of carbonyl (C=O) groups excluding carboxylic acids is 1. The lowest BCUT2D eigenvalue weighted by Gasteiger charge is -2.27. The molecular weight excluding hydrogens is 187 g/mol. The Labute approximate surface area is 72.9 Å². The second kappa shape index (κ2) is 3.82. The number of hydrogen-bond acceptors (Lipinski definition) is 2. The SMILES string of the molecule is O=C(NCC(F)(F)F)NC1CNC1. The van der Waals surface area contributed by atoms with E-state index in [1.807, 2.05) is 0 Å². The monoisotopic (exact) mass is 197 g/mol.